The van der Waals surface area contributed by atoms with Crippen molar-refractivity contribution < 1.29 is 50.3 Å². The molecule has 18 heteroatoms. The number of carbonyl (C=O) groups is 1. The van der Waals surface area contributed by atoms with Crippen LogP contribution < -0.4 is 0 Å². The number of esters is 1. The minimum atomic E-state index is -4.21. The molecule has 0 saturated carbocycles. The molecule has 0 bridgehead atoms. The van der Waals surface area contributed by atoms with Gasteiger partial charge < -0.3 is 14.2 Å². The fraction of sp³-hybridized carbons (Fsp3) is 0.262. The monoisotopic (exact) mass is 861 g/mol. The lowest BCUT2D eigenvalue weighted by molar-refractivity contribution is -0.146. The van der Waals surface area contributed by atoms with Gasteiger partial charge in [0.25, 0.3) is 0 Å². The molecule has 312 valence electrons. The van der Waals surface area contributed by atoms with Gasteiger partial charge in [0.15, 0.2) is 11.9 Å². The molecule has 1 aromatic heterocycles. The van der Waals surface area contributed by atoms with Crippen LogP contribution in [0.2, 0.25) is 0 Å². The van der Waals surface area contributed by atoms with E-state index in [1.165, 1.54) is 83.7 Å². The van der Waals surface area contributed by atoms with Crippen molar-refractivity contribution in [1.82, 2.24) is 14.8 Å². The predicted octanol–water partition coefficient (Wildman–Crippen LogP) is 8.35. The van der Waals surface area contributed by atoms with Crippen LogP contribution in [-0.4, -0.2) is 64.0 Å². The second-order valence-electron chi connectivity index (χ2n) is 12.9. The molecule has 1 aliphatic heterocycles. The van der Waals surface area contributed by atoms with Gasteiger partial charge in [0.05, 0.1) is 73.7 Å². The molecule has 1 fully saturated rings. The van der Waals surface area contributed by atoms with E-state index < -0.39 is 60.2 Å². The number of rotatable bonds is 20. The van der Waals surface area contributed by atoms with Crippen molar-refractivity contribution in [1.29, 1.82) is 10.5 Å². The Labute approximate surface area is 348 Å². The number of allylic oxidation sites excluding steroid dienone is 2. The molecule has 0 aliphatic carbocycles. The number of phosphoric ester groups is 1. The summed E-state index contributed by atoms with van der Waals surface area (Å²) in [4.78, 5) is 18.5. The van der Waals surface area contributed by atoms with Crippen molar-refractivity contribution in [3.05, 3.63) is 162 Å². The Morgan fingerprint density at radius 1 is 1.00 bits per heavy atom. The van der Waals surface area contributed by atoms with E-state index in [2.05, 4.69) is 23.2 Å². The number of phosphoric acid groups is 1. The maximum Gasteiger partial charge on any atom is 0.475 e. The van der Waals surface area contributed by atoms with Crippen LogP contribution in [0.15, 0.2) is 111 Å². The van der Waals surface area contributed by atoms with Crippen LogP contribution >= 0.6 is 19.6 Å². The molecular formula is C42H39F3N5O8PS. The van der Waals surface area contributed by atoms with Gasteiger partial charge in [0.1, 0.15) is 30.1 Å². The number of hydrogen-bond donors (Lipinski definition) is 0. The van der Waals surface area contributed by atoms with Crippen molar-refractivity contribution in [3.8, 4) is 12.1 Å². The molecule has 13 nitrogen and oxygen atoms in total. The van der Waals surface area contributed by atoms with Crippen molar-refractivity contribution in [2.75, 3.05) is 26.4 Å². The van der Waals surface area contributed by atoms with Crippen LogP contribution in [-0.2, 0) is 51.1 Å². The van der Waals surface area contributed by atoms with Gasteiger partial charge in [-0.15, -0.1) is 24.9 Å². The van der Waals surface area contributed by atoms with Gasteiger partial charge in [0.2, 0.25) is 0 Å². The van der Waals surface area contributed by atoms with Gasteiger partial charge in [-0.1, -0.05) is 42.5 Å². The molecule has 4 aromatic rings. The maximum absolute atomic E-state index is 16.1. The van der Waals surface area contributed by atoms with Crippen LogP contribution in [0.5, 0.6) is 0 Å². The minimum Gasteiger partial charge on any atom is -0.447 e. The number of nitrogens with zero attached hydrogens (tertiary/aromatic N) is 5. The van der Waals surface area contributed by atoms with Crippen molar-refractivity contribution in [2.45, 2.75) is 42.5 Å². The normalized spacial score (nSPS) is 17.1. The average Bonchev–Trinajstić information content (AvgIpc) is 3.76. The molecule has 0 spiro atoms. The number of ether oxygens (including phenoxy) is 3. The summed E-state index contributed by atoms with van der Waals surface area (Å²) in [7, 11) is -4.21. The molecule has 2 heterocycles. The zero-order chi connectivity index (χ0) is 43.1. The first-order valence-electron chi connectivity index (χ1n) is 18.2. The molecule has 0 N–H and O–H groups in total. The van der Waals surface area contributed by atoms with E-state index in [-0.39, 0.29) is 66.4 Å². The SMILES string of the molecule is C=CCOP(=O)(OCC=C)OCc1ccc(C#N)cc1C(=O)O[C@@](Cn1cncn1)(c1ccc(F)cc1F)[C@@H](C)S[C@H]1CO[C@H](/C=C/C=C/c2ccc(C#N)cc2F)OC1. The fourth-order valence-electron chi connectivity index (χ4n) is 5.86. The van der Waals surface area contributed by atoms with E-state index >= 15 is 4.39 Å². The molecule has 60 heavy (non-hydrogen) atoms. The third-order valence-electron chi connectivity index (χ3n) is 8.79. The van der Waals surface area contributed by atoms with Crippen LogP contribution in [0.4, 0.5) is 13.2 Å². The van der Waals surface area contributed by atoms with Crippen LogP contribution in [0.3, 0.4) is 0 Å². The molecule has 0 amide bonds. The highest BCUT2D eigenvalue weighted by molar-refractivity contribution is 8.00. The zero-order valence-corrected chi connectivity index (χ0v) is 33.9. The fourth-order valence-corrected chi connectivity index (χ4v) is 8.31. The first-order chi connectivity index (χ1) is 28.9. The summed E-state index contributed by atoms with van der Waals surface area (Å²) in [5, 5.41) is 21.7. The lowest BCUT2D eigenvalue weighted by Gasteiger charge is -2.40. The van der Waals surface area contributed by atoms with Gasteiger partial charge >= 0.3 is 13.8 Å². The van der Waals surface area contributed by atoms with E-state index in [4.69, 9.17) is 33.0 Å². The smallest absolute Gasteiger partial charge is 0.447 e. The lowest BCUT2D eigenvalue weighted by Crippen LogP contribution is -2.47. The second kappa shape index (κ2) is 21.6. The number of aromatic nitrogens is 3. The third kappa shape index (κ3) is 12.0. The Balaban J connectivity index is 1.42. The van der Waals surface area contributed by atoms with E-state index in [1.54, 1.807) is 25.2 Å². The summed E-state index contributed by atoms with van der Waals surface area (Å²) in [5.41, 5.74) is -1.64. The Hall–Kier alpha value is -5.62. The molecule has 2 atom stereocenters. The Morgan fingerprint density at radius 2 is 1.70 bits per heavy atom. The van der Waals surface area contributed by atoms with Crippen LogP contribution in [0.1, 0.15) is 45.1 Å². The molecule has 0 unspecified atom stereocenters. The van der Waals surface area contributed by atoms with Crippen LogP contribution in [0, 0.1) is 40.1 Å². The minimum absolute atomic E-state index is 0.0639. The highest BCUT2D eigenvalue weighted by Crippen LogP contribution is 2.50. The Bertz CT molecular complexity index is 2330. The predicted molar refractivity (Wildman–Crippen MR) is 215 cm³/mol. The first kappa shape index (κ1) is 45.5. The Morgan fingerprint density at radius 3 is 2.33 bits per heavy atom. The quantitative estimate of drug-likeness (QED) is 0.0360. The summed E-state index contributed by atoms with van der Waals surface area (Å²) in [5.74, 6) is -3.46. The number of nitriles is 2. The lowest BCUT2D eigenvalue weighted by atomic mass is 9.89. The second-order valence-corrected chi connectivity index (χ2v) is 16.2. The highest BCUT2D eigenvalue weighted by atomic mass is 32.2. The van der Waals surface area contributed by atoms with Gasteiger partial charge in [-0.3, -0.25) is 13.6 Å². The molecule has 0 radical (unpaired) electrons. The zero-order valence-electron chi connectivity index (χ0n) is 32.2. The standard InChI is InChI=1S/C42H39F3N5O8PS/c1-4-16-55-59(52,56-17-5-2)57-23-33-13-11-30(21-46)18-36(33)41(51)58-42(26-50-28-48-27-49-50,37-15-14-34(43)20-39(37)45)29(3)60-35-24-53-40(54-25-35)9-7-6-8-32-12-10-31(22-47)19-38(32)44/h4-15,18-20,27-29,35,40H,1-2,16-17,23-26H2,3H3/b8-6+,9-7+/t29-,35-,40-,42-/m1/s1. The maximum atomic E-state index is 16.1. The van der Waals surface area contributed by atoms with Crippen molar-refractivity contribution in [3.63, 3.8) is 0 Å². The van der Waals surface area contributed by atoms with E-state index in [9.17, 15) is 23.4 Å². The molecular weight excluding hydrogens is 823 g/mol. The van der Waals surface area contributed by atoms with Crippen molar-refractivity contribution >= 4 is 31.6 Å². The average molecular weight is 862 g/mol. The third-order valence-corrected chi connectivity index (χ3v) is 11.6. The summed E-state index contributed by atoms with van der Waals surface area (Å²) in [6.07, 6.45) is 10.9. The summed E-state index contributed by atoms with van der Waals surface area (Å²) < 4.78 is 93.8. The number of halogens is 3. The molecule has 5 rings (SSSR count). The largest absolute Gasteiger partial charge is 0.475 e. The van der Waals surface area contributed by atoms with Gasteiger partial charge in [-0.2, -0.15) is 15.6 Å². The number of benzene rings is 3. The van der Waals surface area contributed by atoms with E-state index in [0.717, 1.165) is 12.1 Å². The highest BCUT2D eigenvalue weighted by Gasteiger charge is 2.47. The van der Waals surface area contributed by atoms with E-state index in [0.29, 0.717) is 6.07 Å². The van der Waals surface area contributed by atoms with Gasteiger partial charge in [0, 0.05) is 22.4 Å². The summed E-state index contributed by atoms with van der Waals surface area (Å²) in [6, 6.07) is 14.9. The molecule has 1 saturated heterocycles. The van der Waals surface area contributed by atoms with Crippen LogP contribution in [0.25, 0.3) is 6.08 Å². The Kier molecular flexibility index (Phi) is 16.4. The van der Waals surface area contributed by atoms with Crippen molar-refractivity contribution in [2.24, 2.45) is 0 Å². The summed E-state index contributed by atoms with van der Waals surface area (Å²) >= 11 is 1.25. The number of thioether (sulfide) groups is 1. The molecule has 3 aromatic carbocycles. The topological polar surface area (TPSA) is 168 Å². The van der Waals surface area contributed by atoms with E-state index in [1.807, 2.05) is 12.1 Å². The van der Waals surface area contributed by atoms with Gasteiger partial charge in [-0.25, -0.2) is 32.2 Å². The molecule has 1 aliphatic rings. The number of hydrogen-bond acceptors (Lipinski definition) is 13. The first-order valence-corrected chi connectivity index (χ1v) is 20.6. The van der Waals surface area contributed by atoms with Gasteiger partial charge in [-0.05, 0) is 55.0 Å². The summed E-state index contributed by atoms with van der Waals surface area (Å²) in [6.45, 7) is 7.86. The number of carbonyl (C=O) groups excluding carboxylic acids is 1.